The van der Waals surface area contributed by atoms with Crippen LogP contribution >= 0.6 is 11.3 Å². The van der Waals surface area contributed by atoms with Gasteiger partial charge in [-0.2, -0.15) is 0 Å². The molecule has 4 nitrogen and oxygen atoms in total. The second-order valence-corrected chi connectivity index (χ2v) is 6.24. The summed E-state index contributed by atoms with van der Waals surface area (Å²) in [5.74, 6) is -0.233. The molecule has 2 rings (SSSR count). The highest BCUT2D eigenvalue weighted by atomic mass is 32.1. The fraction of sp³-hybridized carbons (Fsp3) is 0.538. The Balaban J connectivity index is 2.07. The van der Waals surface area contributed by atoms with E-state index in [4.69, 9.17) is 5.73 Å². The van der Waals surface area contributed by atoms with Crippen molar-refractivity contribution in [3.63, 3.8) is 0 Å². The summed E-state index contributed by atoms with van der Waals surface area (Å²) >= 11 is 1.63. The quantitative estimate of drug-likeness (QED) is 0.840. The maximum absolute atomic E-state index is 12.2. The SMILES string of the molecule is Cc1cc(C(=O)CN2CCCC2C(N)=O)c(C)s1. The normalized spacial score (nSPS) is 20.2. The maximum Gasteiger partial charge on any atom is 0.234 e. The highest BCUT2D eigenvalue weighted by Gasteiger charge is 2.30. The van der Waals surface area contributed by atoms with Crippen LogP contribution in [0.5, 0.6) is 0 Å². The Bertz CT molecular complexity index is 481. The Morgan fingerprint density at radius 3 is 2.78 bits per heavy atom. The summed E-state index contributed by atoms with van der Waals surface area (Å²) in [5.41, 5.74) is 6.13. The smallest absolute Gasteiger partial charge is 0.234 e. The zero-order valence-corrected chi connectivity index (χ0v) is 11.5. The van der Waals surface area contributed by atoms with Gasteiger partial charge in [0.25, 0.3) is 0 Å². The Labute approximate surface area is 111 Å². The van der Waals surface area contributed by atoms with Crippen molar-refractivity contribution in [2.45, 2.75) is 32.7 Å². The number of amides is 1. The molecule has 98 valence electrons. The van der Waals surface area contributed by atoms with Crippen LogP contribution in [0.25, 0.3) is 0 Å². The zero-order valence-electron chi connectivity index (χ0n) is 10.7. The van der Waals surface area contributed by atoms with Crippen LogP contribution in [0.1, 0.15) is 33.0 Å². The van der Waals surface area contributed by atoms with Crippen molar-refractivity contribution in [2.75, 3.05) is 13.1 Å². The van der Waals surface area contributed by atoms with Gasteiger partial charge in [-0.1, -0.05) is 0 Å². The van der Waals surface area contributed by atoms with E-state index in [0.29, 0.717) is 6.54 Å². The molecule has 1 aromatic rings. The predicted molar refractivity (Wildman–Crippen MR) is 71.9 cm³/mol. The Morgan fingerprint density at radius 1 is 1.50 bits per heavy atom. The summed E-state index contributed by atoms with van der Waals surface area (Å²) in [6.45, 7) is 5.03. The third-order valence-electron chi connectivity index (χ3n) is 3.38. The van der Waals surface area contributed by atoms with Crippen LogP contribution in [0.15, 0.2) is 6.07 Å². The molecule has 1 aromatic heterocycles. The van der Waals surface area contributed by atoms with Gasteiger partial charge in [-0.3, -0.25) is 14.5 Å². The molecule has 2 heterocycles. The van der Waals surface area contributed by atoms with Gasteiger partial charge in [-0.25, -0.2) is 0 Å². The molecular formula is C13H18N2O2S. The largest absolute Gasteiger partial charge is 0.368 e. The third-order valence-corrected chi connectivity index (χ3v) is 4.35. The number of rotatable bonds is 4. The molecule has 0 saturated carbocycles. The van der Waals surface area contributed by atoms with E-state index in [2.05, 4.69) is 0 Å². The molecule has 1 atom stereocenters. The zero-order chi connectivity index (χ0) is 13.3. The molecule has 2 N–H and O–H groups in total. The molecule has 1 amide bonds. The molecule has 1 saturated heterocycles. The number of thiophene rings is 1. The predicted octanol–water partition coefficient (Wildman–Crippen LogP) is 1.50. The van der Waals surface area contributed by atoms with Crippen LogP contribution in [0.3, 0.4) is 0 Å². The number of carbonyl (C=O) groups excluding carboxylic acids is 2. The second kappa shape index (κ2) is 5.20. The fourth-order valence-electron chi connectivity index (χ4n) is 2.51. The van der Waals surface area contributed by atoms with Gasteiger partial charge in [-0.05, 0) is 39.3 Å². The summed E-state index contributed by atoms with van der Waals surface area (Å²) in [7, 11) is 0. The summed E-state index contributed by atoms with van der Waals surface area (Å²) in [4.78, 5) is 27.6. The minimum atomic E-state index is -0.321. The van der Waals surface area contributed by atoms with E-state index < -0.39 is 0 Å². The van der Waals surface area contributed by atoms with E-state index in [0.717, 1.165) is 34.7 Å². The van der Waals surface area contributed by atoms with E-state index in [1.54, 1.807) is 11.3 Å². The van der Waals surface area contributed by atoms with E-state index in [1.165, 1.54) is 0 Å². The fourth-order valence-corrected chi connectivity index (χ4v) is 3.46. The number of hydrogen-bond donors (Lipinski definition) is 1. The molecule has 0 aromatic carbocycles. The average Bonchev–Trinajstić information content (AvgIpc) is 2.85. The minimum absolute atomic E-state index is 0.0880. The molecule has 0 aliphatic carbocycles. The number of aryl methyl sites for hydroxylation is 2. The first-order chi connectivity index (χ1) is 8.49. The molecule has 1 aliphatic heterocycles. The lowest BCUT2D eigenvalue weighted by molar-refractivity contribution is -0.122. The van der Waals surface area contributed by atoms with Gasteiger partial charge < -0.3 is 5.73 Å². The van der Waals surface area contributed by atoms with Crippen LogP contribution in [0.2, 0.25) is 0 Å². The Kier molecular flexibility index (Phi) is 3.82. The molecule has 1 aliphatic rings. The maximum atomic E-state index is 12.2. The average molecular weight is 266 g/mol. The van der Waals surface area contributed by atoms with Crippen molar-refractivity contribution >= 4 is 23.0 Å². The van der Waals surface area contributed by atoms with Crippen LogP contribution < -0.4 is 5.73 Å². The van der Waals surface area contributed by atoms with Gasteiger partial charge in [0.05, 0.1) is 12.6 Å². The molecule has 0 radical (unpaired) electrons. The van der Waals surface area contributed by atoms with Gasteiger partial charge in [0.2, 0.25) is 5.91 Å². The monoisotopic (exact) mass is 266 g/mol. The first-order valence-corrected chi connectivity index (χ1v) is 6.94. The lowest BCUT2D eigenvalue weighted by Crippen LogP contribution is -2.42. The van der Waals surface area contributed by atoms with Crippen molar-refractivity contribution in [1.29, 1.82) is 0 Å². The molecule has 0 bridgehead atoms. The first-order valence-electron chi connectivity index (χ1n) is 6.12. The Hall–Kier alpha value is -1.20. The number of nitrogens with zero attached hydrogens (tertiary/aromatic N) is 1. The van der Waals surface area contributed by atoms with E-state index in [1.807, 2.05) is 24.8 Å². The van der Waals surface area contributed by atoms with Gasteiger partial charge in [0.1, 0.15) is 0 Å². The molecule has 0 spiro atoms. The van der Waals surface area contributed by atoms with Gasteiger partial charge in [0.15, 0.2) is 5.78 Å². The van der Waals surface area contributed by atoms with E-state index in [9.17, 15) is 9.59 Å². The molecular weight excluding hydrogens is 248 g/mol. The topological polar surface area (TPSA) is 63.4 Å². The lowest BCUT2D eigenvalue weighted by Gasteiger charge is -2.20. The van der Waals surface area contributed by atoms with E-state index in [-0.39, 0.29) is 17.7 Å². The second-order valence-electron chi connectivity index (χ2n) is 4.78. The van der Waals surface area contributed by atoms with Crippen LogP contribution in [0.4, 0.5) is 0 Å². The number of nitrogens with two attached hydrogens (primary N) is 1. The number of Topliss-reactive ketones (excluding diaryl/α,β-unsaturated/α-hetero) is 1. The number of carbonyl (C=O) groups is 2. The van der Waals surface area contributed by atoms with Crippen LogP contribution in [0, 0.1) is 13.8 Å². The van der Waals surface area contributed by atoms with Crippen molar-refractivity contribution in [3.8, 4) is 0 Å². The van der Waals surface area contributed by atoms with Gasteiger partial charge >= 0.3 is 0 Å². The lowest BCUT2D eigenvalue weighted by atomic mass is 10.1. The van der Waals surface area contributed by atoms with Crippen LogP contribution in [-0.4, -0.2) is 35.7 Å². The van der Waals surface area contributed by atoms with Crippen LogP contribution in [-0.2, 0) is 4.79 Å². The van der Waals surface area contributed by atoms with Crippen molar-refractivity contribution in [1.82, 2.24) is 4.90 Å². The molecule has 18 heavy (non-hydrogen) atoms. The highest BCUT2D eigenvalue weighted by Crippen LogP contribution is 2.23. The summed E-state index contributed by atoms with van der Waals surface area (Å²) in [5, 5.41) is 0. The molecule has 1 unspecified atom stereocenters. The third kappa shape index (κ3) is 2.62. The summed E-state index contributed by atoms with van der Waals surface area (Å²) in [6, 6.07) is 1.66. The van der Waals surface area contributed by atoms with Crippen molar-refractivity contribution in [3.05, 3.63) is 21.4 Å². The standard InChI is InChI=1S/C13H18N2O2S/c1-8-6-10(9(2)18-8)12(16)7-15-5-3-4-11(15)13(14)17/h6,11H,3-5,7H2,1-2H3,(H2,14,17). The van der Waals surface area contributed by atoms with Crippen molar-refractivity contribution in [2.24, 2.45) is 5.73 Å². The summed E-state index contributed by atoms with van der Waals surface area (Å²) in [6.07, 6.45) is 1.70. The van der Waals surface area contributed by atoms with Gasteiger partial charge in [-0.15, -0.1) is 11.3 Å². The molecule has 5 heteroatoms. The Morgan fingerprint density at radius 2 is 2.22 bits per heavy atom. The number of ketones is 1. The highest BCUT2D eigenvalue weighted by molar-refractivity contribution is 7.12. The number of hydrogen-bond acceptors (Lipinski definition) is 4. The number of primary amides is 1. The van der Waals surface area contributed by atoms with Crippen molar-refractivity contribution < 1.29 is 9.59 Å². The van der Waals surface area contributed by atoms with Gasteiger partial charge in [0, 0.05) is 15.3 Å². The first kappa shape index (κ1) is 13.2. The minimum Gasteiger partial charge on any atom is -0.368 e. The number of likely N-dealkylation sites (tertiary alicyclic amines) is 1. The molecule has 1 fully saturated rings. The summed E-state index contributed by atoms with van der Waals surface area (Å²) < 4.78 is 0. The van der Waals surface area contributed by atoms with E-state index >= 15 is 0 Å².